The van der Waals surface area contributed by atoms with Crippen LogP contribution in [0.3, 0.4) is 0 Å². The van der Waals surface area contributed by atoms with Crippen LogP contribution in [-0.2, 0) is 0 Å². The molecule has 0 fully saturated rings. The quantitative estimate of drug-likeness (QED) is 0.666. The summed E-state index contributed by atoms with van der Waals surface area (Å²) >= 11 is 3.36. The molecule has 0 unspecified atom stereocenters. The molecule has 2 aromatic rings. The minimum atomic E-state index is -0.332. The average molecular weight is 335 g/mol. The number of aromatic amines is 1. The lowest BCUT2D eigenvalue weighted by molar-refractivity contribution is 0.0950. The van der Waals surface area contributed by atoms with E-state index in [0.29, 0.717) is 11.6 Å². The Balaban J connectivity index is 1.95. The molecular formula is C14H15BrN4O. The number of aromatic nitrogens is 2. The molecule has 0 spiro atoms. The van der Waals surface area contributed by atoms with Crippen LogP contribution in [0.15, 0.2) is 39.9 Å². The summed E-state index contributed by atoms with van der Waals surface area (Å²) in [6, 6.07) is 9.34. The fraction of sp³-hybridized carbons (Fsp3) is 0.214. The predicted octanol–water partition coefficient (Wildman–Crippen LogP) is 3.06. The van der Waals surface area contributed by atoms with E-state index in [4.69, 9.17) is 0 Å². The molecule has 0 atom stereocenters. The second-order valence-electron chi connectivity index (χ2n) is 4.61. The van der Waals surface area contributed by atoms with Gasteiger partial charge in [0.1, 0.15) is 0 Å². The van der Waals surface area contributed by atoms with Gasteiger partial charge in [0, 0.05) is 10.2 Å². The molecule has 5 nitrogen and oxygen atoms in total. The van der Waals surface area contributed by atoms with Crippen LogP contribution in [0, 0.1) is 0 Å². The number of H-pyrrole nitrogens is 1. The van der Waals surface area contributed by atoms with Gasteiger partial charge in [0.15, 0.2) is 5.69 Å². The van der Waals surface area contributed by atoms with Crippen molar-refractivity contribution in [3.8, 4) is 0 Å². The van der Waals surface area contributed by atoms with Gasteiger partial charge in [0.2, 0.25) is 0 Å². The van der Waals surface area contributed by atoms with Crippen LogP contribution in [0.25, 0.3) is 0 Å². The Morgan fingerprint density at radius 3 is 2.70 bits per heavy atom. The van der Waals surface area contributed by atoms with Gasteiger partial charge in [0.25, 0.3) is 5.91 Å². The summed E-state index contributed by atoms with van der Waals surface area (Å²) in [7, 11) is 0. The Hall–Kier alpha value is -1.95. The fourth-order valence-electron chi connectivity index (χ4n) is 1.52. The SMILES string of the molecule is CC(C)c1cc(C(=O)N/N=C\c2ccc(Br)cc2)n[nH]1. The Kier molecular flexibility index (Phi) is 4.68. The second-order valence-corrected chi connectivity index (χ2v) is 5.53. The van der Waals surface area contributed by atoms with Crippen molar-refractivity contribution in [3.63, 3.8) is 0 Å². The molecule has 0 aliphatic carbocycles. The Morgan fingerprint density at radius 1 is 1.40 bits per heavy atom. The Morgan fingerprint density at radius 2 is 2.10 bits per heavy atom. The molecule has 0 saturated carbocycles. The number of carbonyl (C=O) groups excluding carboxylic acids is 1. The normalized spacial score (nSPS) is 11.2. The highest BCUT2D eigenvalue weighted by molar-refractivity contribution is 9.10. The monoisotopic (exact) mass is 334 g/mol. The zero-order chi connectivity index (χ0) is 14.5. The van der Waals surface area contributed by atoms with Gasteiger partial charge in [-0.2, -0.15) is 10.2 Å². The summed E-state index contributed by atoms with van der Waals surface area (Å²) in [5, 5.41) is 10.7. The summed E-state index contributed by atoms with van der Waals surface area (Å²) in [6.07, 6.45) is 1.58. The fourth-order valence-corrected chi connectivity index (χ4v) is 1.78. The topological polar surface area (TPSA) is 70.1 Å². The van der Waals surface area contributed by atoms with Crippen LogP contribution in [-0.4, -0.2) is 22.3 Å². The lowest BCUT2D eigenvalue weighted by atomic mass is 10.1. The van der Waals surface area contributed by atoms with Crippen LogP contribution in [0.2, 0.25) is 0 Å². The maximum atomic E-state index is 11.8. The van der Waals surface area contributed by atoms with Crippen molar-refractivity contribution in [1.82, 2.24) is 15.6 Å². The summed E-state index contributed by atoms with van der Waals surface area (Å²) in [5.74, 6) is -0.0307. The number of carbonyl (C=O) groups is 1. The van der Waals surface area contributed by atoms with E-state index >= 15 is 0 Å². The van der Waals surface area contributed by atoms with E-state index in [-0.39, 0.29) is 5.91 Å². The first-order chi connectivity index (χ1) is 9.56. The first-order valence-corrected chi connectivity index (χ1v) is 7.00. The van der Waals surface area contributed by atoms with E-state index in [1.54, 1.807) is 12.3 Å². The number of benzene rings is 1. The molecule has 0 aliphatic heterocycles. The number of nitrogens with zero attached hydrogens (tertiary/aromatic N) is 2. The summed E-state index contributed by atoms with van der Waals surface area (Å²) in [5.41, 5.74) is 4.61. The number of amides is 1. The van der Waals surface area contributed by atoms with Gasteiger partial charge in [-0.3, -0.25) is 9.89 Å². The predicted molar refractivity (Wildman–Crippen MR) is 81.9 cm³/mol. The van der Waals surface area contributed by atoms with Crippen molar-refractivity contribution >= 4 is 28.1 Å². The van der Waals surface area contributed by atoms with Crippen LogP contribution in [0.5, 0.6) is 0 Å². The number of hydrazone groups is 1. The van der Waals surface area contributed by atoms with Crippen molar-refractivity contribution in [2.45, 2.75) is 19.8 Å². The van der Waals surface area contributed by atoms with E-state index < -0.39 is 0 Å². The maximum absolute atomic E-state index is 11.8. The van der Waals surface area contributed by atoms with Gasteiger partial charge in [0.05, 0.1) is 6.21 Å². The molecule has 0 bridgehead atoms. The Bertz CT molecular complexity index is 616. The molecule has 104 valence electrons. The van der Waals surface area contributed by atoms with E-state index in [1.165, 1.54) is 0 Å². The van der Waals surface area contributed by atoms with Gasteiger partial charge in [-0.15, -0.1) is 0 Å². The van der Waals surface area contributed by atoms with Crippen molar-refractivity contribution in [1.29, 1.82) is 0 Å². The molecule has 2 N–H and O–H groups in total. The molecule has 0 saturated heterocycles. The largest absolute Gasteiger partial charge is 0.291 e. The van der Waals surface area contributed by atoms with Gasteiger partial charge in [-0.1, -0.05) is 41.9 Å². The second kappa shape index (κ2) is 6.47. The third-order valence-electron chi connectivity index (χ3n) is 2.70. The van der Waals surface area contributed by atoms with Crippen LogP contribution in [0.1, 0.15) is 41.5 Å². The first-order valence-electron chi connectivity index (χ1n) is 6.20. The van der Waals surface area contributed by atoms with E-state index in [0.717, 1.165) is 15.7 Å². The lowest BCUT2D eigenvalue weighted by Gasteiger charge is -1.97. The third kappa shape index (κ3) is 3.77. The van der Waals surface area contributed by atoms with E-state index in [9.17, 15) is 4.79 Å². The molecule has 2 rings (SSSR count). The maximum Gasteiger partial charge on any atom is 0.291 e. The van der Waals surface area contributed by atoms with Crippen molar-refractivity contribution in [2.75, 3.05) is 0 Å². The van der Waals surface area contributed by atoms with Crippen molar-refractivity contribution in [3.05, 3.63) is 51.8 Å². The molecule has 6 heteroatoms. The van der Waals surface area contributed by atoms with Crippen molar-refractivity contribution in [2.24, 2.45) is 5.10 Å². The standard InChI is InChI=1S/C14H15BrN4O/c1-9(2)12-7-13(18-17-12)14(20)19-16-8-10-3-5-11(15)6-4-10/h3-9H,1-2H3,(H,17,18)(H,19,20)/b16-8-. The average Bonchev–Trinajstić information content (AvgIpc) is 2.91. The zero-order valence-corrected chi connectivity index (χ0v) is 12.8. The van der Waals surface area contributed by atoms with Gasteiger partial charge >= 0.3 is 0 Å². The summed E-state index contributed by atoms with van der Waals surface area (Å²) < 4.78 is 0.997. The zero-order valence-electron chi connectivity index (χ0n) is 11.2. The molecule has 1 amide bonds. The third-order valence-corrected chi connectivity index (χ3v) is 3.23. The molecule has 1 aromatic carbocycles. The molecular weight excluding hydrogens is 320 g/mol. The smallest absolute Gasteiger partial charge is 0.282 e. The Labute approximate surface area is 125 Å². The van der Waals surface area contributed by atoms with E-state index in [2.05, 4.69) is 36.7 Å². The molecule has 20 heavy (non-hydrogen) atoms. The van der Waals surface area contributed by atoms with Crippen molar-refractivity contribution < 1.29 is 4.79 Å². The number of halogens is 1. The molecule has 0 radical (unpaired) electrons. The lowest BCUT2D eigenvalue weighted by Crippen LogP contribution is -2.18. The summed E-state index contributed by atoms with van der Waals surface area (Å²) in [6.45, 7) is 4.06. The number of hydrogen-bond acceptors (Lipinski definition) is 3. The molecule has 0 aliphatic rings. The summed E-state index contributed by atoms with van der Waals surface area (Å²) in [4.78, 5) is 11.8. The minimum Gasteiger partial charge on any atom is -0.282 e. The number of rotatable bonds is 4. The number of nitrogens with one attached hydrogen (secondary N) is 2. The molecule has 1 heterocycles. The molecule has 1 aromatic heterocycles. The van der Waals surface area contributed by atoms with Gasteiger partial charge in [-0.25, -0.2) is 5.43 Å². The van der Waals surface area contributed by atoms with Crippen LogP contribution < -0.4 is 5.43 Å². The van der Waals surface area contributed by atoms with E-state index in [1.807, 2.05) is 38.1 Å². The number of hydrogen-bond donors (Lipinski definition) is 2. The first kappa shape index (κ1) is 14.5. The van der Waals surface area contributed by atoms with Gasteiger partial charge in [-0.05, 0) is 29.7 Å². The highest BCUT2D eigenvalue weighted by Gasteiger charge is 2.10. The van der Waals surface area contributed by atoms with Crippen LogP contribution >= 0.6 is 15.9 Å². The minimum absolute atomic E-state index is 0.301. The van der Waals surface area contributed by atoms with Gasteiger partial charge < -0.3 is 0 Å². The highest BCUT2D eigenvalue weighted by atomic mass is 79.9. The highest BCUT2D eigenvalue weighted by Crippen LogP contribution is 2.11. The van der Waals surface area contributed by atoms with Crippen LogP contribution in [0.4, 0.5) is 0 Å².